The minimum atomic E-state index is -2.92. The zero-order valence-electron chi connectivity index (χ0n) is 13.0. The maximum absolute atomic E-state index is 13.8. The number of carbonyl (C=O) groups is 1. The molecule has 1 atom stereocenters. The molecular formula is C15H16F2N6O. The number of rotatable bonds is 5. The monoisotopic (exact) mass is 334 g/mol. The van der Waals surface area contributed by atoms with Crippen molar-refractivity contribution in [3.8, 4) is 6.07 Å². The Morgan fingerprint density at radius 3 is 3.08 bits per heavy atom. The minimum absolute atomic E-state index is 0.0938. The van der Waals surface area contributed by atoms with Crippen LogP contribution in [0.25, 0.3) is 11.0 Å². The number of alkyl halides is 2. The van der Waals surface area contributed by atoms with Crippen LogP contribution in [-0.4, -0.2) is 57.9 Å². The van der Waals surface area contributed by atoms with Crippen molar-refractivity contribution in [1.29, 1.82) is 5.26 Å². The van der Waals surface area contributed by atoms with Gasteiger partial charge in [0.1, 0.15) is 24.2 Å². The Morgan fingerprint density at radius 1 is 1.58 bits per heavy atom. The molecule has 0 bridgehead atoms. The van der Waals surface area contributed by atoms with Crippen molar-refractivity contribution in [3.63, 3.8) is 0 Å². The second-order valence-corrected chi connectivity index (χ2v) is 5.78. The molecule has 2 aromatic rings. The van der Waals surface area contributed by atoms with Gasteiger partial charge >= 0.3 is 0 Å². The Bertz CT molecular complexity index is 799. The van der Waals surface area contributed by atoms with Gasteiger partial charge < -0.3 is 14.8 Å². The van der Waals surface area contributed by atoms with E-state index in [9.17, 15) is 13.6 Å². The molecule has 1 aliphatic heterocycles. The average molecular weight is 334 g/mol. The van der Waals surface area contributed by atoms with Gasteiger partial charge in [0.2, 0.25) is 5.91 Å². The van der Waals surface area contributed by atoms with E-state index in [4.69, 9.17) is 5.26 Å². The highest BCUT2D eigenvalue weighted by atomic mass is 19.3. The predicted molar refractivity (Wildman–Crippen MR) is 82.5 cm³/mol. The summed E-state index contributed by atoms with van der Waals surface area (Å²) in [5.41, 5.74) is 0.673. The molecule has 0 spiro atoms. The van der Waals surface area contributed by atoms with Crippen molar-refractivity contribution in [1.82, 2.24) is 19.9 Å². The lowest BCUT2D eigenvalue weighted by Gasteiger charge is -2.47. The number of aromatic nitrogens is 3. The fourth-order valence-electron chi connectivity index (χ4n) is 2.94. The Balaban J connectivity index is 1.69. The average Bonchev–Trinajstić information content (AvgIpc) is 3.01. The van der Waals surface area contributed by atoms with E-state index in [1.165, 1.54) is 6.33 Å². The van der Waals surface area contributed by atoms with Gasteiger partial charge in [-0.25, -0.2) is 18.7 Å². The van der Waals surface area contributed by atoms with Gasteiger partial charge in [-0.2, -0.15) is 5.26 Å². The van der Waals surface area contributed by atoms with E-state index in [1.807, 2.05) is 6.07 Å². The van der Waals surface area contributed by atoms with Crippen molar-refractivity contribution in [2.24, 2.45) is 0 Å². The van der Waals surface area contributed by atoms with Crippen molar-refractivity contribution < 1.29 is 13.6 Å². The highest BCUT2D eigenvalue weighted by Gasteiger charge is 2.55. The number of aromatic amines is 1. The number of carbonyl (C=O) groups excluding carboxylic acids is 1. The highest BCUT2D eigenvalue weighted by Crippen LogP contribution is 2.37. The Labute approximate surface area is 136 Å². The number of hydrogen-bond acceptors (Lipinski definition) is 5. The van der Waals surface area contributed by atoms with E-state index >= 15 is 0 Å². The van der Waals surface area contributed by atoms with E-state index in [1.54, 1.807) is 24.2 Å². The molecule has 3 rings (SSSR count). The molecule has 0 unspecified atom stereocenters. The standard InChI is InChI=1S/C15H16F2N6O/c1-22(14-10-3-6-19-13(10)20-9-21-14)7-4-11-15(16,17)8-23(11)12(24)2-5-18/h3,6,9,11H,2,4,7-8H2,1H3,(H,19,20,21)/t11-/m0/s1. The first-order valence-electron chi connectivity index (χ1n) is 7.47. The summed E-state index contributed by atoms with van der Waals surface area (Å²) >= 11 is 0. The Morgan fingerprint density at radius 2 is 2.38 bits per heavy atom. The highest BCUT2D eigenvalue weighted by molar-refractivity contribution is 5.87. The predicted octanol–water partition coefficient (Wildman–Crippen LogP) is 1.54. The zero-order valence-corrected chi connectivity index (χ0v) is 13.0. The molecule has 1 saturated heterocycles. The topological polar surface area (TPSA) is 88.9 Å². The summed E-state index contributed by atoms with van der Waals surface area (Å²) in [4.78, 5) is 25.8. The van der Waals surface area contributed by atoms with Crippen molar-refractivity contribution in [2.45, 2.75) is 24.8 Å². The van der Waals surface area contributed by atoms with Gasteiger partial charge in [-0.05, 0) is 12.5 Å². The van der Waals surface area contributed by atoms with Crippen LogP contribution in [0.3, 0.4) is 0 Å². The maximum atomic E-state index is 13.8. The lowest BCUT2D eigenvalue weighted by Crippen LogP contribution is -2.67. The molecule has 0 aliphatic carbocycles. The summed E-state index contributed by atoms with van der Waals surface area (Å²) in [6, 6.07) is 2.35. The van der Waals surface area contributed by atoms with Crippen molar-refractivity contribution in [3.05, 3.63) is 18.6 Å². The molecule has 1 aliphatic rings. The number of nitriles is 1. The molecule has 3 heterocycles. The number of anilines is 1. The zero-order chi connectivity index (χ0) is 17.3. The second-order valence-electron chi connectivity index (χ2n) is 5.78. The first-order valence-corrected chi connectivity index (χ1v) is 7.47. The van der Waals surface area contributed by atoms with Crippen LogP contribution in [0.2, 0.25) is 0 Å². The van der Waals surface area contributed by atoms with Crippen LogP contribution in [0.5, 0.6) is 0 Å². The van der Waals surface area contributed by atoms with Crippen molar-refractivity contribution >= 4 is 22.8 Å². The van der Waals surface area contributed by atoms with Gasteiger partial charge in [0, 0.05) is 19.8 Å². The number of halogens is 2. The lowest BCUT2D eigenvalue weighted by molar-refractivity contribution is -0.194. The molecule has 7 nitrogen and oxygen atoms in total. The lowest BCUT2D eigenvalue weighted by atomic mass is 9.94. The fourth-order valence-corrected chi connectivity index (χ4v) is 2.94. The quantitative estimate of drug-likeness (QED) is 0.896. The van der Waals surface area contributed by atoms with Crippen LogP contribution in [0.4, 0.5) is 14.6 Å². The molecule has 2 aromatic heterocycles. The third-order valence-electron chi connectivity index (χ3n) is 4.23. The van der Waals surface area contributed by atoms with Gasteiger partial charge in [-0.1, -0.05) is 0 Å². The third-order valence-corrected chi connectivity index (χ3v) is 4.23. The maximum Gasteiger partial charge on any atom is 0.285 e. The normalized spacial score (nSPS) is 18.9. The number of nitrogens with one attached hydrogen (secondary N) is 1. The van der Waals surface area contributed by atoms with E-state index < -0.39 is 24.4 Å². The fraction of sp³-hybridized carbons (Fsp3) is 0.467. The summed E-state index contributed by atoms with van der Waals surface area (Å²) in [7, 11) is 1.76. The molecule has 0 aromatic carbocycles. The van der Waals surface area contributed by atoms with Crippen LogP contribution in [0, 0.1) is 11.3 Å². The molecule has 1 amide bonds. The Kier molecular flexibility index (Phi) is 4.05. The first-order chi connectivity index (χ1) is 11.4. The molecule has 1 fully saturated rings. The largest absolute Gasteiger partial charge is 0.359 e. The van der Waals surface area contributed by atoms with Crippen LogP contribution in [-0.2, 0) is 4.79 Å². The molecule has 126 valence electrons. The van der Waals surface area contributed by atoms with Crippen LogP contribution in [0.15, 0.2) is 18.6 Å². The molecular weight excluding hydrogens is 318 g/mol. The van der Waals surface area contributed by atoms with Crippen LogP contribution >= 0.6 is 0 Å². The van der Waals surface area contributed by atoms with Gasteiger partial charge in [0.25, 0.3) is 5.92 Å². The second kappa shape index (κ2) is 6.03. The summed E-state index contributed by atoms with van der Waals surface area (Å²) in [5, 5.41) is 9.36. The van der Waals surface area contributed by atoms with E-state index in [2.05, 4.69) is 15.0 Å². The smallest absolute Gasteiger partial charge is 0.285 e. The van der Waals surface area contributed by atoms with E-state index in [-0.39, 0.29) is 12.8 Å². The Hall–Kier alpha value is -2.76. The number of hydrogen-bond donors (Lipinski definition) is 1. The van der Waals surface area contributed by atoms with Crippen LogP contribution in [0.1, 0.15) is 12.8 Å². The molecule has 0 saturated carbocycles. The third kappa shape index (κ3) is 2.75. The number of H-pyrrole nitrogens is 1. The van der Waals surface area contributed by atoms with Gasteiger partial charge in [-0.15, -0.1) is 0 Å². The number of amides is 1. The molecule has 24 heavy (non-hydrogen) atoms. The summed E-state index contributed by atoms with van der Waals surface area (Å²) in [5.74, 6) is -2.83. The first kappa shape index (κ1) is 16.1. The summed E-state index contributed by atoms with van der Waals surface area (Å²) < 4.78 is 27.6. The number of nitrogens with zero attached hydrogens (tertiary/aromatic N) is 5. The molecule has 1 N–H and O–H groups in total. The minimum Gasteiger partial charge on any atom is -0.359 e. The van der Waals surface area contributed by atoms with E-state index in [0.29, 0.717) is 18.0 Å². The number of likely N-dealkylation sites (tertiary alicyclic amines) is 1. The van der Waals surface area contributed by atoms with Gasteiger partial charge in [0.05, 0.1) is 24.0 Å². The number of fused-ring (bicyclic) bond motifs is 1. The van der Waals surface area contributed by atoms with Crippen LogP contribution < -0.4 is 4.90 Å². The van der Waals surface area contributed by atoms with Crippen molar-refractivity contribution in [2.75, 3.05) is 25.0 Å². The summed E-state index contributed by atoms with van der Waals surface area (Å²) in [6.45, 7) is -0.314. The van der Waals surface area contributed by atoms with Gasteiger partial charge in [0.15, 0.2) is 0 Å². The van der Waals surface area contributed by atoms with Gasteiger partial charge in [-0.3, -0.25) is 4.79 Å². The molecule has 0 radical (unpaired) electrons. The summed E-state index contributed by atoms with van der Waals surface area (Å²) in [6.07, 6.45) is 2.86. The molecule has 9 heteroatoms. The van der Waals surface area contributed by atoms with E-state index in [0.717, 1.165) is 10.3 Å². The SMILES string of the molecule is CN(CC[C@@H]1N(C(=O)CC#N)CC1(F)F)c1ncnc2[nH]ccc12.